The molecule has 4 aromatic rings. The number of hydrogen-bond acceptors (Lipinski definition) is 25. The Morgan fingerprint density at radius 3 is 1.41 bits per heavy atom. The number of aryl methyl sites for hydroxylation is 1. The molecule has 4 amide bonds. The second-order valence-corrected chi connectivity index (χ2v) is 24.9. The number of ether oxygens (including phenoxy) is 11. The molecule has 4 aromatic carbocycles. The fourth-order valence-corrected chi connectivity index (χ4v) is 12.6. The number of amides is 4. The summed E-state index contributed by atoms with van der Waals surface area (Å²) in [4.78, 5) is 89.7. The minimum Gasteiger partial charge on any atom is -0.493 e. The lowest BCUT2D eigenvalue weighted by Crippen LogP contribution is -2.54. The van der Waals surface area contributed by atoms with Crippen molar-refractivity contribution in [3.8, 4) is 28.7 Å². The van der Waals surface area contributed by atoms with Gasteiger partial charge in [-0.15, -0.1) is 0 Å². The first-order chi connectivity index (χ1) is 47.0. The van der Waals surface area contributed by atoms with Crippen LogP contribution in [-0.4, -0.2) is 234 Å². The van der Waals surface area contributed by atoms with Crippen LogP contribution in [0.2, 0.25) is 0 Å². The highest BCUT2D eigenvalue weighted by Gasteiger charge is 2.49. The number of carbonyl (C=O) groups is 6. The summed E-state index contributed by atoms with van der Waals surface area (Å²) >= 11 is 0. The van der Waals surface area contributed by atoms with Gasteiger partial charge >= 0.3 is 12.2 Å². The fraction of sp³-hybridized carbons (Fsp3) is 0.507. The van der Waals surface area contributed by atoms with Gasteiger partial charge < -0.3 is 103 Å². The van der Waals surface area contributed by atoms with Gasteiger partial charge in [0.2, 0.25) is 12.6 Å². The molecule has 6 aliphatic rings. The molecule has 0 aromatic heterocycles. The third-order valence-electron chi connectivity index (χ3n) is 17.9. The smallest absolute Gasteiger partial charge is 0.416 e. The Labute approximate surface area is 564 Å². The van der Waals surface area contributed by atoms with Crippen LogP contribution in [0.5, 0.6) is 28.7 Å². The lowest BCUT2D eigenvalue weighted by atomic mass is 10.0. The SMILES string of the molecule is C=C1C[C@H]2C(O)N(C(=O)OCc3ccc(O[C@@H]4OC[C@@H](O)[C@H](O)[C@H]4O)c(C(=O)CCCOC)c3)c3cc(OCCCCCOc4cc5c(cc4OC)C(=O)N4CC(=C)C[C@H]4C(O)N5C(=O)OCc4ccc(O[C@@H]5OC[C@@H](O)[C@H](O)[C@H]5O)c(C(=O)CCCOC)c4)c(C)cc3C(=O)N2C1. The maximum atomic E-state index is 14.5. The number of nitrogens with zero attached hydrogens (tertiary/aromatic N) is 4. The Kier molecular flexibility index (Phi) is 23.8. The molecule has 0 bridgehead atoms. The molecule has 0 spiro atoms. The van der Waals surface area contributed by atoms with Crippen LogP contribution in [0.15, 0.2) is 85.0 Å². The molecule has 0 radical (unpaired) electrons. The van der Waals surface area contributed by atoms with E-state index in [2.05, 4.69) is 13.2 Å². The van der Waals surface area contributed by atoms with Crippen molar-refractivity contribution in [3.05, 3.63) is 124 Å². The second kappa shape index (κ2) is 32.1. The van der Waals surface area contributed by atoms with Gasteiger partial charge in [0.05, 0.1) is 79.2 Å². The van der Waals surface area contributed by atoms with E-state index in [4.69, 9.17) is 52.1 Å². The summed E-state index contributed by atoms with van der Waals surface area (Å²) in [6.07, 6.45) is -14.8. The van der Waals surface area contributed by atoms with Crippen LogP contribution in [0.1, 0.15) is 116 Å². The third-order valence-corrected chi connectivity index (χ3v) is 17.9. The number of carbonyl (C=O) groups excluding carboxylic acids is 6. The van der Waals surface area contributed by atoms with Gasteiger partial charge in [0, 0.05) is 65.5 Å². The molecule has 530 valence electrons. The molecule has 29 nitrogen and oxygen atoms in total. The van der Waals surface area contributed by atoms with Gasteiger partial charge in [0.1, 0.15) is 67.1 Å². The van der Waals surface area contributed by atoms with Crippen molar-refractivity contribution < 1.29 is 122 Å². The molecule has 2 unspecified atom stereocenters. The highest BCUT2D eigenvalue weighted by Crippen LogP contribution is 2.44. The van der Waals surface area contributed by atoms with Crippen LogP contribution in [0.25, 0.3) is 0 Å². The summed E-state index contributed by atoms with van der Waals surface area (Å²) in [7, 11) is 4.37. The number of unbranched alkanes of at least 4 members (excludes halogenated alkanes) is 2. The van der Waals surface area contributed by atoms with E-state index < -0.39 is 111 Å². The molecule has 6 aliphatic heterocycles. The molecule has 29 heteroatoms. The van der Waals surface area contributed by atoms with Crippen molar-refractivity contribution >= 4 is 46.9 Å². The number of aliphatic hydroxyl groups is 8. The Hall–Kier alpha value is -8.30. The fourth-order valence-electron chi connectivity index (χ4n) is 12.6. The largest absolute Gasteiger partial charge is 0.493 e. The molecule has 4 fully saturated rings. The average molecular weight is 1370 g/mol. The third kappa shape index (κ3) is 15.9. The standard InChI is InChI=1S/C69H84N4O25/c1-36-22-47-64(84)72(68(86)95-32-39-14-16-53(43(25-39)49(74)12-10-18-88-4)97-66-60(80)58(78)51(76)34-93-66)45-28-55(38(3)24-41(45)62(82)70(47)30-36)91-20-8-7-9-21-92-57-29-46-42(27-56(57)90-6)63(83)71-31-37(2)23-48(71)65(85)73(46)69(87)96-33-40-15-17-54(44(26-40)50(75)13-11-19-89-5)98-67-61(81)59(79)52(77)35-94-67/h14-17,24-29,47-48,51-52,58-61,64-67,76-81,84-85H,1-2,7-13,18-23,30-35H2,3-6H3/t47-,48-,51+,52+,58-,59-,60+,61+,64?,65?,66-,67-/m0/s1. The highest BCUT2D eigenvalue weighted by atomic mass is 16.7. The first-order valence-corrected chi connectivity index (χ1v) is 32.3. The Balaban J connectivity index is 0.808. The van der Waals surface area contributed by atoms with Gasteiger partial charge in [-0.05, 0) is 105 Å². The normalized spacial score (nSPS) is 25.2. The predicted octanol–water partition coefficient (Wildman–Crippen LogP) is 3.98. The number of rotatable bonds is 27. The quantitative estimate of drug-likeness (QED) is 0.0238. The summed E-state index contributed by atoms with van der Waals surface area (Å²) in [6, 6.07) is 12.8. The summed E-state index contributed by atoms with van der Waals surface area (Å²) in [5.41, 5.74) is 2.67. The van der Waals surface area contributed by atoms with Gasteiger partial charge in [-0.1, -0.05) is 36.4 Å². The van der Waals surface area contributed by atoms with Crippen molar-refractivity contribution in [3.63, 3.8) is 0 Å². The lowest BCUT2D eigenvalue weighted by molar-refractivity contribution is -0.242. The topological polar surface area (TPSA) is 379 Å². The molecule has 6 heterocycles. The van der Waals surface area contributed by atoms with Crippen molar-refractivity contribution in [1.29, 1.82) is 0 Å². The average Bonchev–Trinajstić information content (AvgIpc) is 1.58. The molecule has 0 saturated carbocycles. The van der Waals surface area contributed by atoms with Crippen LogP contribution in [-0.2, 0) is 41.6 Å². The molecule has 0 aliphatic carbocycles. The number of methoxy groups -OCH3 is 3. The highest BCUT2D eigenvalue weighted by molar-refractivity contribution is 6.07. The van der Waals surface area contributed by atoms with Gasteiger partial charge in [-0.3, -0.25) is 19.2 Å². The zero-order chi connectivity index (χ0) is 70.2. The van der Waals surface area contributed by atoms with Crippen molar-refractivity contribution in [2.75, 3.05) is 83.9 Å². The van der Waals surface area contributed by atoms with E-state index in [1.807, 2.05) is 0 Å². The number of anilines is 2. The van der Waals surface area contributed by atoms with Crippen LogP contribution < -0.4 is 33.5 Å². The minimum absolute atomic E-state index is 0.000333. The van der Waals surface area contributed by atoms with Crippen LogP contribution in [0, 0.1) is 6.92 Å². The zero-order valence-electron chi connectivity index (χ0n) is 54.9. The Morgan fingerprint density at radius 1 is 0.520 bits per heavy atom. The van der Waals surface area contributed by atoms with E-state index >= 15 is 0 Å². The van der Waals surface area contributed by atoms with E-state index in [-0.39, 0.29) is 147 Å². The first kappa shape index (κ1) is 72.4. The van der Waals surface area contributed by atoms with Gasteiger partial charge in [0.15, 0.2) is 35.5 Å². The molecule has 98 heavy (non-hydrogen) atoms. The van der Waals surface area contributed by atoms with Crippen LogP contribution in [0.4, 0.5) is 21.0 Å². The lowest BCUT2D eigenvalue weighted by Gasteiger charge is -2.35. The summed E-state index contributed by atoms with van der Waals surface area (Å²) in [6.45, 7) is 9.34. The van der Waals surface area contributed by atoms with Crippen molar-refractivity contribution in [1.82, 2.24) is 9.80 Å². The number of aliphatic hydroxyl groups excluding tert-OH is 8. The number of ketones is 2. The summed E-state index contributed by atoms with van der Waals surface area (Å²) in [5.74, 6) is -1.17. The number of benzene rings is 4. The summed E-state index contributed by atoms with van der Waals surface area (Å²) in [5, 5.41) is 85.8. The maximum absolute atomic E-state index is 14.5. The van der Waals surface area contributed by atoms with Gasteiger partial charge in [-0.2, -0.15) is 0 Å². The monoisotopic (exact) mass is 1370 g/mol. The first-order valence-electron chi connectivity index (χ1n) is 32.3. The van der Waals surface area contributed by atoms with E-state index in [1.165, 1.54) is 85.7 Å². The number of Topliss-reactive ketones (excluding diaryl/α,β-unsaturated/α-hetero) is 2. The maximum Gasteiger partial charge on any atom is 0.416 e. The zero-order valence-corrected chi connectivity index (χ0v) is 54.9. The molecule has 12 atom stereocenters. The molecular formula is C69H84N4O25. The van der Waals surface area contributed by atoms with Crippen LogP contribution in [0.3, 0.4) is 0 Å². The van der Waals surface area contributed by atoms with Gasteiger partial charge in [-0.25, -0.2) is 19.4 Å². The van der Waals surface area contributed by atoms with E-state index in [0.29, 0.717) is 65.7 Å². The molecule has 8 N–H and O–H groups in total. The Morgan fingerprint density at radius 2 is 0.959 bits per heavy atom. The summed E-state index contributed by atoms with van der Waals surface area (Å²) < 4.78 is 62.9. The van der Waals surface area contributed by atoms with E-state index in [1.54, 1.807) is 13.0 Å². The second-order valence-electron chi connectivity index (χ2n) is 24.9. The molecule has 4 saturated heterocycles. The van der Waals surface area contributed by atoms with Crippen molar-refractivity contribution in [2.24, 2.45) is 0 Å². The van der Waals surface area contributed by atoms with Crippen LogP contribution >= 0.6 is 0 Å². The Bertz CT molecular complexity index is 3620. The molecular weight excluding hydrogens is 1280 g/mol. The van der Waals surface area contributed by atoms with E-state index in [9.17, 15) is 69.6 Å². The number of hydrogen-bond donors (Lipinski definition) is 8. The van der Waals surface area contributed by atoms with Gasteiger partial charge in [0.25, 0.3) is 11.8 Å². The minimum atomic E-state index is -1.66. The van der Waals surface area contributed by atoms with E-state index in [0.717, 1.165) is 9.80 Å². The van der Waals surface area contributed by atoms with Crippen molar-refractivity contribution in [2.45, 2.75) is 152 Å². The number of fused-ring (bicyclic) bond motifs is 4. The molecule has 10 rings (SSSR count). The predicted molar refractivity (Wildman–Crippen MR) is 344 cm³/mol.